The highest BCUT2D eigenvalue weighted by molar-refractivity contribution is 7.19. The van der Waals surface area contributed by atoms with E-state index < -0.39 is 5.95 Å². The van der Waals surface area contributed by atoms with Gasteiger partial charge in [-0.25, -0.2) is 15.0 Å². The summed E-state index contributed by atoms with van der Waals surface area (Å²) in [7, 11) is 0. The van der Waals surface area contributed by atoms with E-state index in [2.05, 4.69) is 57.5 Å². The predicted molar refractivity (Wildman–Crippen MR) is 133 cm³/mol. The molecule has 180 valence electrons. The summed E-state index contributed by atoms with van der Waals surface area (Å²) in [6.07, 6.45) is 5.04. The molecule has 0 N–H and O–H groups in total. The lowest BCUT2D eigenvalue weighted by Gasteiger charge is -2.33. The highest BCUT2D eigenvalue weighted by Gasteiger charge is 2.28. The van der Waals surface area contributed by atoms with Crippen molar-refractivity contribution in [1.82, 2.24) is 20.1 Å². The molecule has 1 atom stereocenters. The molecule has 0 unspecified atom stereocenters. The molecule has 0 aromatic carbocycles. The van der Waals surface area contributed by atoms with E-state index in [1.54, 1.807) is 6.08 Å². The third-order valence-corrected chi connectivity index (χ3v) is 6.83. The number of fused-ring (bicyclic) bond motifs is 1. The molecule has 1 aliphatic rings. The van der Waals surface area contributed by atoms with E-state index in [1.807, 2.05) is 19.1 Å². The number of allylic oxidation sites excluding steroid dienone is 3. The fraction of sp³-hybridized carbons (Fsp3) is 0.458. The molecule has 0 amide bonds. The van der Waals surface area contributed by atoms with Crippen molar-refractivity contribution in [2.75, 3.05) is 18.0 Å². The molecule has 4 heterocycles. The van der Waals surface area contributed by atoms with Gasteiger partial charge in [-0.15, -0.1) is 0 Å². The largest absolute Gasteiger partial charge is 0.467 e. The van der Waals surface area contributed by atoms with Gasteiger partial charge in [-0.1, -0.05) is 36.4 Å². The molecule has 1 saturated heterocycles. The smallest absolute Gasteiger partial charge is 0.324 e. The molecule has 3 aromatic heterocycles. The maximum atomic E-state index is 13.6. The Bertz CT molecular complexity index is 1210. The van der Waals surface area contributed by atoms with Crippen LogP contribution < -0.4 is 9.64 Å². The normalized spacial score (nSPS) is 16.9. The summed E-state index contributed by atoms with van der Waals surface area (Å²) in [6, 6.07) is 4.29. The summed E-state index contributed by atoms with van der Waals surface area (Å²) in [6.45, 7) is 12.9. The molecule has 0 saturated carbocycles. The third-order valence-electron chi connectivity index (χ3n) is 5.98. The summed E-state index contributed by atoms with van der Waals surface area (Å²) in [5.74, 6) is 0.728. The molecule has 3 aromatic rings. The van der Waals surface area contributed by atoms with Gasteiger partial charge in [0.15, 0.2) is 5.82 Å². The van der Waals surface area contributed by atoms with E-state index in [0.29, 0.717) is 28.4 Å². The molecule has 34 heavy (non-hydrogen) atoms. The number of piperidine rings is 1. The maximum absolute atomic E-state index is 13.6. The van der Waals surface area contributed by atoms with Gasteiger partial charge in [-0.3, -0.25) is 0 Å². The molecular weight excluding hydrogens is 455 g/mol. The zero-order valence-corrected chi connectivity index (χ0v) is 20.7. The van der Waals surface area contributed by atoms with Crippen molar-refractivity contribution in [3.63, 3.8) is 0 Å². The van der Waals surface area contributed by atoms with Crippen LogP contribution in [-0.2, 0) is 0 Å². The minimum atomic E-state index is -0.650. The van der Waals surface area contributed by atoms with Gasteiger partial charge in [0.1, 0.15) is 16.5 Å². The highest BCUT2D eigenvalue weighted by atomic mass is 32.1. The van der Waals surface area contributed by atoms with Crippen LogP contribution in [0, 0.1) is 5.92 Å². The van der Waals surface area contributed by atoms with E-state index in [9.17, 15) is 4.39 Å². The van der Waals surface area contributed by atoms with Crippen LogP contribution in [0.2, 0.25) is 0 Å². The Morgan fingerprint density at radius 3 is 2.68 bits per heavy atom. The van der Waals surface area contributed by atoms with Crippen molar-refractivity contribution in [2.45, 2.75) is 52.6 Å². The standard InChI is InChI=1S/C24H29FN6O2S/c1-6-16(13-20(25)26-5)18-7-8-19-22(27-18)34-24(28-19)32-15(4)17-9-11-31(12-10-17)23-29-21(14(2)3)30-33-23/h6-8,13-15,17H,5,9-12H2,1-4H3/b16-6+,20-13-/t15-/m0/s1. The monoisotopic (exact) mass is 484 g/mol. The summed E-state index contributed by atoms with van der Waals surface area (Å²) in [5, 5.41) is 4.65. The van der Waals surface area contributed by atoms with Crippen LogP contribution >= 0.6 is 11.3 Å². The SMILES string of the molecule is C=N/C(F)=C\C(=C/C)c1ccc2nc(O[C@@H](C)C3CCN(c4nc(C(C)C)no4)CC3)sc2n1. The van der Waals surface area contributed by atoms with Gasteiger partial charge >= 0.3 is 6.01 Å². The van der Waals surface area contributed by atoms with Crippen molar-refractivity contribution in [1.29, 1.82) is 0 Å². The minimum absolute atomic E-state index is 0.0119. The second kappa shape index (κ2) is 10.4. The average molecular weight is 485 g/mol. The van der Waals surface area contributed by atoms with Gasteiger partial charge in [0, 0.05) is 30.7 Å². The first kappa shape index (κ1) is 24.0. The highest BCUT2D eigenvalue weighted by Crippen LogP contribution is 2.32. The zero-order valence-electron chi connectivity index (χ0n) is 19.9. The molecule has 0 aliphatic carbocycles. The van der Waals surface area contributed by atoms with Crippen LogP contribution in [0.3, 0.4) is 0 Å². The number of hydrogen-bond acceptors (Lipinski definition) is 9. The number of anilines is 1. The minimum Gasteiger partial charge on any atom is -0.467 e. The van der Waals surface area contributed by atoms with Gasteiger partial charge in [-0.05, 0) is 51.5 Å². The van der Waals surface area contributed by atoms with Gasteiger partial charge < -0.3 is 14.2 Å². The second-order valence-electron chi connectivity index (χ2n) is 8.61. The molecular formula is C24H29FN6O2S. The molecule has 0 radical (unpaired) electrons. The zero-order chi connectivity index (χ0) is 24.2. The van der Waals surface area contributed by atoms with Gasteiger partial charge in [0.25, 0.3) is 5.19 Å². The number of aliphatic imine (C=N–C) groups is 1. The third kappa shape index (κ3) is 5.32. The number of pyridine rings is 1. The van der Waals surface area contributed by atoms with Crippen LogP contribution in [0.25, 0.3) is 15.9 Å². The first-order valence-corrected chi connectivity index (χ1v) is 12.2. The van der Waals surface area contributed by atoms with Crippen LogP contribution in [0.1, 0.15) is 58.0 Å². The number of thiazole rings is 1. The lowest BCUT2D eigenvalue weighted by atomic mass is 9.92. The number of rotatable bonds is 8. The summed E-state index contributed by atoms with van der Waals surface area (Å²) in [5.41, 5.74) is 2.03. The Labute approximate surface area is 202 Å². The first-order valence-electron chi connectivity index (χ1n) is 11.4. The van der Waals surface area contributed by atoms with E-state index in [1.165, 1.54) is 17.4 Å². The van der Waals surface area contributed by atoms with E-state index >= 15 is 0 Å². The molecule has 10 heteroatoms. The van der Waals surface area contributed by atoms with Gasteiger partial charge in [-0.2, -0.15) is 9.37 Å². The van der Waals surface area contributed by atoms with Crippen LogP contribution in [0.15, 0.2) is 39.8 Å². The first-order chi connectivity index (χ1) is 16.4. The summed E-state index contributed by atoms with van der Waals surface area (Å²) < 4.78 is 25.2. The fourth-order valence-corrected chi connectivity index (χ4v) is 4.76. The van der Waals surface area contributed by atoms with Crippen molar-refractivity contribution >= 4 is 40.0 Å². The van der Waals surface area contributed by atoms with Crippen molar-refractivity contribution in [3.05, 3.63) is 41.8 Å². The molecule has 4 rings (SSSR count). The lowest BCUT2D eigenvalue weighted by Crippen LogP contribution is -2.38. The van der Waals surface area contributed by atoms with Crippen LogP contribution in [-0.4, -0.2) is 46.0 Å². The van der Waals surface area contributed by atoms with Crippen molar-refractivity contribution in [3.8, 4) is 5.19 Å². The predicted octanol–water partition coefficient (Wildman–Crippen LogP) is 5.80. The number of aromatic nitrogens is 4. The Hall–Kier alpha value is -3.14. The number of halogens is 1. The second-order valence-corrected chi connectivity index (χ2v) is 9.55. The summed E-state index contributed by atoms with van der Waals surface area (Å²) in [4.78, 5) is 19.9. The molecule has 0 spiro atoms. The fourth-order valence-electron chi connectivity index (χ4n) is 3.89. The number of ether oxygens (including phenoxy) is 1. The van der Waals surface area contributed by atoms with Crippen LogP contribution in [0.4, 0.5) is 10.4 Å². The van der Waals surface area contributed by atoms with E-state index in [0.717, 1.165) is 42.1 Å². The van der Waals surface area contributed by atoms with E-state index in [-0.39, 0.29) is 12.0 Å². The summed E-state index contributed by atoms with van der Waals surface area (Å²) >= 11 is 1.39. The lowest BCUT2D eigenvalue weighted by molar-refractivity contribution is 0.131. The average Bonchev–Trinajstić information content (AvgIpc) is 3.49. The maximum Gasteiger partial charge on any atom is 0.324 e. The number of hydrogen-bond donors (Lipinski definition) is 0. The van der Waals surface area contributed by atoms with Gasteiger partial charge in [0.2, 0.25) is 5.95 Å². The Morgan fingerprint density at radius 2 is 2.03 bits per heavy atom. The Kier molecular flexibility index (Phi) is 7.35. The Balaban J connectivity index is 1.39. The Morgan fingerprint density at radius 1 is 1.26 bits per heavy atom. The quantitative estimate of drug-likeness (QED) is 0.227. The van der Waals surface area contributed by atoms with Crippen LogP contribution in [0.5, 0.6) is 5.19 Å². The molecule has 0 bridgehead atoms. The van der Waals surface area contributed by atoms with Crippen molar-refractivity contribution < 1.29 is 13.7 Å². The number of nitrogens with zero attached hydrogens (tertiary/aromatic N) is 6. The molecule has 8 nitrogen and oxygen atoms in total. The van der Waals surface area contributed by atoms with Crippen molar-refractivity contribution in [2.24, 2.45) is 10.9 Å². The topological polar surface area (TPSA) is 89.5 Å². The van der Waals surface area contributed by atoms with E-state index in [4.69, 9.17) is 9.26 Å². The van der Waals surface area contributed by atoms with Gasteiger partial charge in [0.05, 0.1) is 5.69 Å². The molecule has 1 aliphatic heterocycles. The molecule has 1 fully saturated rings.